The van der Waals surface area contributed by atoms with Crippen LogP contribution < -0.4 is 14.2 Å². The van der Waals surface area contributed by atoms with E-state index in [1.165, 1.54) is 0 Å². The van der Waals surface area contributed by atoms with E-state index >= 15 is 0 Å². The summed E-state index contributed by atoms with van der Waals surface area (Å²) in [6.45, 7) is 4.63. The standard InChI is InChI=1S/C27H25NO5/c1-18-9-11-23(31-13-14-32-24-12-10-19(2)16-25(24)30-3)21(15-18)17-22-27(29)33-26(28-22)20-7-5-4-6-8-20/h4-12,15-17H,13-14H2,1-3H3. The second-order valence-electron chi connectivity index (χ2n) is 7.59. The minimum Gasteiger partial charge on any atom is -0.493 e. The number of rotatable bonds is 8. The van der Waals surface area contributed by atoms with E-state index in [0.717, 1.165) is 22.3 Å². The Balaban J connectivity index is 1.47. The van der Waals surface area contributed by atoms with E-state index in [0.29, 0.717) is 36.4 Å². The van der Waals surface area contributed by atoms with Gasteiger partial charge in [-0.15, -0.1) is 0 Å². The monoisotopic (exact) mass is 443 g/mol. The van der Waals surface area contributed by atoms with E-state index in [2.05, 4.69) is 4.99 Å². The summed E-state index contributed by atoms with van der Waals surface area (Å²) in [6, 6.07) is 20.9. The Morgan fingerprint density at radius 3 is 2.24 bits per heavy atom. The van der Waals surface area contributed by atoms with Gasteiger partial charge in [0.25, 0.3) is 0 Å². The lowest BCUT2D eigenvalue weighted by Crippen LogP contribution is -2.10. The third-order valence-corrected chi connectivity index (χ3v) is 5.02. The highest BCUT2D eigenvalue weighted by Crippen LogP contribution is 2.28. The number of esters is 1. The molecule has 1 aliphatic rings. The quantitative estimate of drug-likeness (QED) is 0.275. The molecule has 168 valence electrons. The summed E-state index contributed by atoms with van der Waals surface area (Å²) in [5, 5.41) is 0. The van der Waals surface area contributed by atoms with Crippen molar-refractivity contribution < 1.29 is 23.7 Å². The molecular weight excluding hydrogens is 418 g/mol. The normalized spacial score (nSPS) is 14.1. The summed E-state index contributed by atoms with van der Waals surface area (Å²) < 4.78 is 22.5. The molecule has 6 heteroatoms. The summed E-state index contributed by atoms with van der Waals surface area (Å²) in [5.74, 6) is 1.78. The predicted octanol–water partition coefficient (Wildman–Crippen LogP) is 5.11. The zero-order chi connectivity index (χ0) is 23.2. The number of ether oxygens (including phenoxy) is 4. The number of hydrogen-bond acceptors (Lipinski definition) is 6. The summed E-state index contributed by atoms with van der Waals surface area (Å²) in [5.41, 5.74) is 3.85. The van der Waals surface area contributed by atoms with Gasteiger partial charge in [-0.05, 0) is 61.9 Å². The van der Waals surface area contributed by atoms with Crippen molar-refractivity contribution in [1.29, 1.82) is 0 Å². The lowest BCUT2D eigenvalue weighted by molar-refractivity contribution is -0.129. The molecule has 0 amide bonds. The van der Waals surface area contributed by atoms with Crippen LogP contribution in [0.2, 0.25) is 0 Å². The van der Waals surface area contributed by atoms with Gasteiger partial charge in [-0.2, -0.15) is 0 Å². The summed E-state index contributed by atoms with van der Waals surface area (Å²) in [4.78, 5) is 16.8. The lowest BCUT2D eigenvalue weighted by atomic mass is 10.1. The van der Waals surface area contributed by atoms with Gasteiger partial charge in [0.15, 0.2) is 17.2 Å². The molecule has 0 fully saturated rings. The Morgan fingerprint density at radius 1 is 0.848 bits per heavy atom. The van der Waals surface area contributed by atoms with Crippen LogP contribution in [0.4, 0.5) is 0 Å². The lowest BCUT2D eigenvalue weighted by Gasteiger charge is -2.13. The molecule has 3 aromatic carbocycles. The number of benzene rings is 3. The summed E-state index contributed by atoms with van der Waals surface area (Å²) in [6.07, 6.45) is 1.68. The Bertz CT molecular complexity index is 1210. The fraction of sp³-hybridized carbons (Fsp3) is 0.185. The van der Waals surface area contributed by atoms with Gasteiger partial charge in [-0.25, -0.2) is 9.79 Å². The first-order valence-electron chi connectivity index (χ1n) is 10.6. The number of carbonyl (C=O) groups excluding carboxylic acids is 1. The van der Waals surface area contributed by atoms with Crippen molar-refractivity contribution in [3.05, 3.63) is 94.7 Å². The van der Waals surface area contributed by atoms with E-state index in [4.69, 9.17) is 18.9 Å². The first-order valence-corrected chi connectivity index (χ1v) is 10.6. The van der Waals surface area contributed by atoms with Crippen molar-refractivity contribution in [2.45, 2.75) is 13.8 Å². The van der Waals surface area contributed by atoms with Crippen molar-refractivity contribution in [2.24, 2.45) is 4.99 Å². The molecule has 0 bridgehead atoms. The average Bonchev–Trinajstić information content (AvgIpc) is 3.19. The highest BCUT2D eigenvalue weighted by Gasteiger charge is 2.24. The molecule has 0 radical (unpaired) electrons. The van der Waals surface area contributed by atoms with Crippen LogP contribution in [0.25, 0.3) is 6.08 Å². The molecule has 1 heterocycles. The molecule has 6 nitrogen and oxygen atoms in total. The average molecular weight is 443 g/mol. The van der Waals surface area contributed by atoms with Crippen LogP contribution in [0.15, 0.2) is 77.4 Å². The maximum atomic E-state index is 12.4. The molecule has 0 saturated carbocycles. The van der Waals surface area contributed by atoms with Crippen LogP contribution in [0, 0.1) is 13.8 Å². The fourth-order valence-electron chi connectivity index (χ4n) is 3.37. The second-order valence-corrected chi connectivity index (χ2v) is 7.59. The minimum atomic E-state index is -0.490. The Hall–Kier alpha value is -4.06. The Morgan fingerprint density at radius 2 is 1.52 bits per heavy atom. The molecule has 0 N–H and O–H groups in total. The van der Waals surface area contributed by atoms with E-state index in [1.807, 2.05) is 80.6 Å². The van der Waals surface area contributed by atoms with Gasteiger partial charge in [0.05, 0.1) is 7.11 Å². The van der Waals surface area contributed by atoms with Gasteiger partial charge >= 0.3 is 5.97 Å². The second kappa shape index (κ2) is 10.0. The van der Waals surface area contributed by atoms with Crippen LogP contribution in [0.3, 0.4) is 0 Å². The molecule has 33 heavy (non-hydrogen) atoms. The molecule has 1 aliphatic heterocycles. The van der Waals surface area contributed by atoms with Crippen molar-refractivity contribution in [3.63, 3.8) is 0 Å². The smallest absolute Gasteiger partial charge is 0.363 e. The van der Waals surface area contributed by atoms with Gasteiger partial charge in [0.1, 0.15) is 19.0 Å². The number of methoxy groups -OCH3 is 1. The Kier molecular flexibility index (Phi) is 6.74. The maximum Gasteiger partial charge on any atom is 0.363 e. The predicted molar refractivity (Wildman–Crippen MR) is 127 cm³/mol. The molecule has 0 aliphatic carbocycles. The number of nitrogens with zero attached hydrogens (tertiary/aromatic N) is 1. The van der Waals surface area contributed by atoms with E-state index < -0.39 is 5.97 Å². The van der Waals surface area contributed by atoms with E-state index in [9.17, 15) is 4.79 Å². The topological polar surface area (TPSA) is 66.3 Å². The van der Waals surface area contributed by atoms with Gasteiger partial charge < -0.3 is 18.9 Å². The third kappa shape index (κ3) is 5.41. The third-order valence-electron chi connectivity index (χ3n) is 5.02. The molecular formula is C27H25NO5. The molecule has 0 atom stereocenters. The van der Waals surface area contributed by atoms with Crippen LogP contribution >= 0.6 is 0 Å². The molecule has 0 saturated heterocycles. The zero-order valence-corrected chi connectivity index (χ0v) is 18.8. The van der Waals surface area contributed by atoms with Crippen LogP contribution in [0.5, 0.6) is 17.2 Å². The van der Waals surface area contributed by atoms with Crippen molar-refractivity contribution in [1.82, 2.24) is 0 Å². The number of hydrogen-bond donors (Lipinski definition) is 0. The van der Waals surface area contributed by atoms with Crippen molar-refractivity contribution >= 4 is 17.9 Å². The van der Waals surface area contributed by atoms with Gasteiger partial charge in [0, 0.05) is 11.1 Å². The number of cyclic esters (lactones) is 1. The first kappa shape index (κ1) is 22.1. The van der Waals surface area contributed by atoms with Gasteiger partial charge in [0.2, 0.25) is 5.90 Å². The maximum absolute atomic E-state index is 12.4. The molecule has 3 aromatic rings. The molecule has 0 aromatic heterocycles. The van der Waals surface area contributed by atoms with Crippen molar-refractivity contribution in [3.8, 4) is 17.2 Å². The summed E-state index contributed by atoms with van der Waals surface area (Å²) >= 11 is 0. The van der Waals surface area contributed by atoms with Gasteiger partial charge in [-0.3, -0.25) is 0 Å². The Labute approximate surface area is 193 Å². The molecule has 4 rings (SSSR count). The van der Waals surface area contributed by atoms with E-state index in [-0.39, 0.29) is 5.70 Å². The van der Waals surface area contributed by atoms with Crippen LogP contribution in [-0.4, -0.2) is 32.2 Å². The van der Waals surface area contributed by atoms with Gasteiger partial charge in [-0.1, -0.05) is 35.9 Å². The minimum absolute atomic E-state index is 0.227. The molecule has 0 spiro atoms. The highest BCUT2D eigenvalue weighted by molar-refractivity contribution is 6.12. The largest absolute Gasteiger partial charge is 0.493 e. The van der Waals surface area contributed by atoms with Crippen molar-refractivity contribution in [2.75, 3.05) is 20.3 Å². The fourth-order valence-corrected chi connectivity index (χ4v) is 3.37. The van der Waals surface area contributed by atoms with E-state index in [1.54, 1.807) is 13.2 Å². The zero-order valence-electron chi connectivity index (χ0n) is 18.8. The number of aliphatic imine (C=N–C) groups is 1. The SMILES string of the molecule is COc1cc(C)ccc1OCCOc1ccc(C)cc1C=C1N=C(c2ccccc2)OC1=O. The molecule has 0 unspecified atom stereocenters. The number of aryl methyl sites for hydroxylation is 2. The highest BCUT2D eigenvalue weighted by atomic mass is 16.6. The first-order chi connectivity index (χ1) is 16.0. The van der Waals surface area contributed by atoms with Crippen LogP contribution in [-0.2, 0) is 9.53 Å². The summed E-state index contributed by atoms with van der Waals surface area (Å²) in [7, 11) is 1.62. The van der Waals surface area contributed by atoms with Crippen LogP contribution in [0.1, 0.15) is 22.3 Å². The number of carbonyl (C=O) groups is 1.